The number of nitrogens with zero attached hydrogens (tertiary/aromatic N) is 7. The van der Waals surface area contributed by atoms with Gasteiger partial charge in [-0.3, -0.25) is 9.88 Å². The first kappa shape index (κ1) is 18.7. The zero-order chi connectivity index (χ0) is 20.5. The van der Waals surface area contributed by atoms with E-state index in [0.29, 0.717) is 0 Å². The molecule has 7 heteroatoms. The van der Waals surface area contributed by atoms with E-state index >= 15 is 0 Å². The number of tetrazole rings is 1. The Balaban J connectivity index is 0.00000117. The number of aromatic nitrogens is 5. The third kappa shape index (κ3) is 4.61. The molecule has 4 rings (SSSR count). The molecule has 0 N–H and O–H groups in total. The van der Waals surface area contributed by atoms with E-state index in [1.807, 2.05) is 29.1 Å². The third-order valence-corrected chi connectivity index (χ3v) is 5.13. The van der Waals surface area contributed by atoms with Crippen LogP contribution < -0.4 is 0 Å². The molecule has 0 saturated carbocycles. The summed E-state index contributed by atoms with van der Waals surface area (Å²) in [6, 6.07) is 16.5. The minimum atomic E-state index is -0.0225. The van der Waals surface area contributed by atoms with E-state index in [-0.39, 0.29) is 6.04 Å². The van der Waals surface area contributed by atoms with Crippen LogP contribution in [0.1, 0.15) is 31.9 Å². The molecule has 0 amide bonds. The van der Waals surface area contributed by atoms with Gasteiger partial charge in [0.05, 0.1) is 5.69 Å². The lowest BCUT2D eigenvalue weighted by Gasteiger charge is -2.37. The highest BCUT2D eigenvalue weighted by Crippen LogP contribution is 2.26. The van der Waals surface area contributed by atoms with Gasteiger partial charge in [0.2, 0.25) is 0 Å². The van der Waals surface area contributed by atoms with Crippen molar-refractivity contribution in [2.75, 3.05) is 33.2 Å². The number of piperazine rings is 1. The molecule has 3 heterocycles. The Labute approximate surface area is 168 Å². The van der Waals surface area contributed by atoms with E-state index in [0.717, 1.165) is 50.7 Å². The summed E-state index contributed by atoms with van der Waals surface area (Å²) in [7, 11) is 3.41. The topological polar surface area (TPSA) is 63.0 Å². The van der Waals surface area contributed by atoms with E-state index in [1.54, 1.807) is 0 Å². The van der Waals surface area contributed by atoms with Crippen molar-refractivity contribution in [2.45, 2.75) is 26.4 Å². The van der Waals surface area contributed by atoms with E-state index in [2.05, 4.69) is 67.7 Å². The van der Waals surface area contributed by atoms with Crippen LogP contribution in [0.15, 0.2) is 54.7 Å². The van der Waals surface area contributed by atoms with Crippen LogP contribution in [-0.2, 0) is 13.0 Å². The average Bonchev–Trinajstić information content (AvgIpc) is 3.25. The summed E-state index contributed by atoms with van der Waals surface area (Å²) in [5, 5.41) is 12.7. The van der Waals surface area contributed by atoms with Gasteiger partial charge < -0.3 is 4.90 Å². The van der Waals surface area contributed by atoms with Gasteiger partial charge in [-0.2, -0.15) is 0 Å². The Hall–Kier alpha value is -2.64. The predicted molar refractivity (Wildman–Crippen MR) is 110 cm³/mol. The normalized spacial score (nSPS) is 16.7. The van der Waals surface area contributed by atoms with Crippen LogP contribution in [0.4, 0.5) is 0 Å². The maximum Gasteiger partial charge on any atom is 0.174 e. The van der Waals surface area contributed by atoms with Crippen molar-refractivity contribution in [2.24, 2.45) is 0 Å². The smallest absolute Gasteiger partial charge is 0.174 e. The second-order valence-corrected chi connectivity index (χ2v) is 6.99. The van der Waals surface area contributed by atoms with Gasteiger partial charge in [0, 0.05) is 40.3 Å². The first-order valence-electron chi connectivity index (χ1n) is 10.4. The van der Waals surface area contributed by atoms with Gasteiger partial charge in [0.25, 0.3) is 0 Å². The summed E-state index contributed by atoms with van der Waals surface area (Å²) < 4.78 is 7.69. The Morgan fingerprint density at radius 3 is 2.50 bits per heavy atom. The lowest BCUT2D eigenvalue weighted by molar-refractivity contribution is 0.119. The van der Waals surface area contributed by atoms with Gasteiger partial charge in [-0.05, 0) is 41.6 Å². The number of pyridine rings is 1. The second-order valence-electron chi connectivity index (χ2n) is 6.99. The molecule has 0 bridgehead atoms. The van der Waals surface area contributed by atoms with Gasteiger partial charge in [-0.15, -0.1) is 5.10 Å². The molecule has 0 radical (unpaired) electrons. The van der Waals surface area contributed by atoms with Crippen LogP contribution in [0, 0.1) is 0 Å². The zero-order valence-corrected chi connectivity index (χ0v) is 16.6. The first-order valence-corrected chi connectivity index (χ1v) is 9.45. The molecule has 1 aliphatic heterocycles. The highest BCUT2D eigenvalue weighted by Gasteiger charge is 2.30. The number of aryl methyl sites for hydroxylation is 2. The van der Waals surface area contributed by atoms with Crippen molar-refractivity contribution in [1.82, 2.24) is 35.0 Å². The Bertz CT molecular complexity index is 833. The highest BCUT2D eigenvalue weighted by molar-refractivity contribution is 5.18. The van der Waals surface area contributed by atoms with Crippen LogP contribution in [0.2, 0.25) is 0 Å². The summed E-state index contributed by atoms with van der Waals surface area (Å²) in [6.07, 6.45) is 2.74. The van der Waals surface area contributed by atoms with Crippen LogP contribution in [0.5, 0.6) is 0 Å². The number of hydrogen-bond donors (Lipinski definition) is 0. The Morgan fingerprint density at radius 1 is 1.04 bits per heavy atom. The largest absolute Gasteiger partial charge is 0.304 e. The van der Waals surface area contributed by atoms with E-state index in [1.165, 1.54) is 13.0 Å². The fourth-order valence-electron chi connectivity index (χ4n) is 3.55. The van der Waals surface area contributed by atoms with Crippen molar-refractivity contribution in [3.05, 3.63) is 71.8 Å². The molecule has 1 aliphatic rings. The molecule has 1 fully saturated rings. The number of rotatable bonds is 6. The number of likely N-dealkylation sites (N-methyl/N-ethyl adjacent to an activating group) is 1. The summed E-state index contributed by atoms with van der Waals surface area (Å²) >= 11 is 0. The third-order valence-electron chi connectivity index (χ3n) is 5.13. The molecular weight excluding hydrogens is 350 g/mol. The summed E-state index contributed by atoms with van der Waals surface area (Å²) in [6.45, 7) is 4.78. The van der Waals surface area contributed by atoms with Gasteiger partial charge in [-0.25, -0.2) is 4.68 Å². The summed E-state index contributed by atoms with van der Waals surface area (Å²) in [5.41, 5.74) is 2.28. The number of benzene rings is 1. The van der Waals surface area contributed by atoms with Gasteiger partial charge >= 0.3 is 0 Å². The quantitative estimate of drug-likeness (QED) is 0.654. The molecule has 148 valence electrons. The second kappa shape index (κ2) is 9.52. The summed E-state index contributed by atoms with van der Waals surface area (Å²) in [5.74, 6) is 0.870. The van der Waals surface area contributed by atoms with Gasteiger partial charge in [0.15, 0.2) is 5.82 Å². The fourth-order valence-corrected chi connectivity index (χ4v) is 3.55. The highest BCUT2D eigenvalue weighted by atomic mass is 15.6. The van der Waals surface area contributed by atoms with Crippen LogP contribution >= 0.6 is 0 Å². The molecular formula is C21H29N7. The van der Waals surface area contributed by atoms with Crippen molar-refractivity contribution < 1.29 is 1.37 Å². The standard InChI is InChI=1S/C20H25N7.CH4/c1-25-13-15-26(16-14-25)19(18-9-5-6-11-21-18)20-22-23-24-27(20)12-10-17-7-3-2-4-8-17;/h2-9,11,19H,10,12-16H2,1H3;1H4/i;1D. The maximum absolute atomic E-state index is 5.75. The molecule has 7 nitrogen and oxygen atoms in total. The van der Waals surface area contributed by atoms with Crippen molar-refractivity contribution in [3.8, 4) is 0 Å². The van der Waals surface area contributed by atoms with E-state index in [4.69, 9.17) is 1.37 Å². The Morgan fingerprint density at radius 2 is 1.79 bits per heavy atom. The molecule has 2 aromatic heterocycles. The lowest BCUT2D eigenvalue weighted by Crippen LogP contribution is -2.47. The maximum atomic E-state index is 5.75. The molecule has 1 saturated heterocycles. The molecule has 1 unspecified atom stereocenters. The minimum absolute atomic E-state index is 0.0225. The van der Waals surface area contributed by atoms with Gasteiger partial charge in [0.1, 0.15) is 6.04 Å². The van der Waals surface area contributed by atoms with Crippen molar-refractivity contribution in [1.29, 1.82) is 0 Å². The van der Waals surface area contributed by atoms with Crippen LogP contribution in [0.25, 0.3) is 0 Å². The minimum Gasteiger partial charge on any atom is -0.304 e. The molecule has 3 aromatic rings. The monoisotopic (exact) mass is 380 g/mol. The van der Waals surface area contributed by atoms with E-state index < -0.39 is 0 Å². The number of hydrogen-bond acceptors (Lipinski definition) is 6. The van der Waals surface area contributed by atoms with Crippen molar-refractivity contribution in [3.63, 3.8) is 0 Å². The van der Waals surface area contributed by atoms with Crippen molar-refractivity contribution >= 4 is 0 Å². The first-order chi connectivity index (χ1) is 14.3. The molecule has 0 aliphatic carbocycles. The molecule has 1 atom stereocenters. The molecule has 1 aromatic carbocycles. The lowest BCUT2D eigenvalue weighted by atomic mass is 10.1. The van der Waals surface area contributed by atoms with Gasteiger partial charge in [-0.1, -0.05) is 43.8 Å². The fraction of sp³-hybridized carbons (Fsp3) is 0.429. The molecule has 28 heavy (non-hydrogen) atoms. The molecule has 0 spiro atoms. The van der Waals surface area contributed by atoms with E-state index in [9.17, 15) is 0 Å². The van der Waals surface area contributed by atoms with Crippen LogP contribution in [0.3, 0.4) is 0 Å². The summed E-state index contributed by atoms with van der Waals surface area (Å²) in [4.78, 5) is 9.41. The Kier molecular flexibility index (Phi) is 6.36. The zero-order valence-electron chi connectivity index (χ0n) is 17.6. The average molecular weight is 381 g/mol. The predicted octanol–water partition coefficient (Wildman–Crippen LogP) is 2.28. The van der Waals surface area contributed by atoms with Crippen LogP contribution in [-0.4, -0.2) is 68.2 Å². The SMILES string of the molecule is CN1CCN(C(c2ccccn2)c2nnnn2CCc2ccccc2)CC1.[2H]C.